The van der Waals surface area contributed by atoms with Gasteiger partial charge in [0.1, 0.15) is 0 Å². The average molecular weight is 274 g/mol. The van der Waals surface area contributed by atoms with Crippen LogP contribution in [0.1, 0.15) is 21.5 Å². The summed E-state index contributed by atoms with van der Waals surface area (Å²) in [6.07, 6.45) is 0.841. The molecular formula is C16H16ClNO. The first-order valence-corrected chi connectivity index (χ1v) is 6.75. The van der Waals surface area contributed by atoms with Gasteiger partial charge in [0.05, 0.1) is 0 Å². The minimum atomic E-state index is -0.0925. The summed E-state index contributed by atoms with van der Waals surface area (Å²) < 4.78 is 0. The maximum absolute atomic E-state index is 12.0. The van der Waals surface area contributed by atoms with Crippen LogP contribution in [-0.2, 0) is 6.42 Å². The number of aryl methyl sites for hydroxylation is 2. The number of hydrogen-bond acceptors (Lipinski definition) is 1. The second kappa shape index (κ2) is 6.39. The lowest BCUT2D eigenvalue weighted by atomic mass is 10.1. The zero-order valence-electron chi connectivity index (χ0n) is 10.8. The lowest BCUT2D eigenvalue weighted by molar-refractivity contribution is 0.102. The number of alkyl halides is 1. The molecule has 0 aliphatic carbocycles. The smallest absolute Gasteiger partial charge is 0.255 e. The number of halogens is 1. The monoisotopic (exact) mass is 273 g/mol. The third kappa shape index (κ3) is 3.83. The number of carbonyl (C=O) groups excluding carboxylic acids is 1. The Hall–Kier alpha value is -1.80. The summed E-state index contributed by atoms with van der Waals surface area (Å²) >= 11 is 5.68. The summed E-state index contributed by atoms with van der Waals surface area (Å²) in [6.45, 7) is 2.00. The quantitative estimate of drug-likeness (QED) is 0.838. The predicted octanol–water partition coefficient (Wildman–Crippen LogP) is 4.03. The highest BCUT2D eigenvalue weighted by molar-refractivity contribution is 6.18. The molecule has 2 nitrogen and oxygen atoms in total. The van der Waals surface area contributed by atoms with Crippen LogP contribution in [0.3, 0.4) is 0 Å². The topological polar surface area (TPSA) is 29.1 Å². The molecule has 2 aromatic carbocycles. The molecule has 19 heavy (non-hydrogen) atoms. The van der Waals surface area contributed by atoms with Gasteiger partial charge >= 0.3 is 0 Å². The van der Waals surface area contributed by atoms with Crippen molar-refractivity contribution in [3.63, 3.8) is 0 Å². The van der Waals surface area contributed by atoms with E-state index >= 15 is 0 Å². The van der Waals surface area contributed by atoms with Crippen LogP contribution in [0, 0.1) is 6.92 Å². The van der Waals surface area contributed by atoms with Gasteiger partial charge in [-0.15, -0.1) is 11.6 Å². The summed E-state index contributed by atoms with van der Waals surface area (Å²) in [7, 11) is 0. The van der Waals surface area contributed by atoms with E-state index in [0.717, 1.165) is 17.7 Å². The first-order chi connectivity index (χ1) is 9.19. The molecule has 0 bridgehead atoms. The van der Waals surface area contributed by atoms with Gasteiger partial charge in [0.25, 0.3) is 5.91 Å². The average Bonchev–Trinajstić information content (AvgIpc) is 2.42. The van der Waals surface area contributed by atoms with E-state index in [-0.39, 0.29) is 5.91 Å². The second-order valence-corrected chi connectivity index (χ2v) is 4.83. The molecular weight excluding hydrogens is 258 g/mol. The highest BCUT2D eigenvalue weighted by Gasteiger charge is 2.05. The van der Waals surface area contributed by atoms with Crippen molar-refractivity contribution >= 4 is 23.2 Å². The minimum absolute atomic E-state index is 0.0925. The molecule has 98 valence electrons. The van der Waals surface area contributed by atoms with Crippen LogP contribution in [0.5, 0.6) is 0 Å². The Morgan fingerprint density at radius 1 is 1.05 bits per heavy atom. The molecule has 0 unspecified atom stereocenters. The van der Waals surface area contributed by atoms with E-state index in [9.17, 15) is 4.79 Å². The van der Waals surface area contributed by atoms with E-state index in [4.69, 9.17) is 11.6 Å². The van der Waals surface area contributed by atoms with E-state index in [1.807, 2.05) is 55.5 Å². The number of rotatable bonds is 4. The second-order valence-electron chi connectivity index (χ2n) is 4.46. The fourth-order valence-corrected chi connectivity index (χ4v) is 1.99. The minimum Gasteiger partial charge on any atom is -0.322 e. The van der Waals surface area contributed by atoms with Crippen LogP contribution in [0.4, 0.5) is 5.69 Å². The van der Waals surface area contributed by atoms with Crippen molar-refractivity contribution in [2.45, 2.75) is 13.3 Å². The number of benzene rings is 2. The van der Waals surface area contributed by atoms with Gasteiger partial charge < -0.3 is 5.32 Å². The summed E-state index contributed by atoms with van der Waals surface area (Å²) in [4.78, 5) is 12.0. The van der Waals surface area contributed by atoms with Crippen LogP contribution in [0.2, 0.25) is 0 Å². The molecule has 1 N–H and O–H groups in total. The van der Waals surface area contributed by atoms with Crippen molar-refractivity contribution < 1.29 is 4.79 Å². The molecule has 0 aliphatic heterocycles. The van der Waals surface area contributed by atoms with Crippen LogP contribution in [-0.4, -0.2) is 11.8 Å². The van der Waals surface area contributed by atoms with Crippen LogP contribution < -0.4 is 5.32 Å². The first kappa shape index (κ1) is 13.6. The third-order valence-electron chi connectivity index (χ3n) is 2.91. The lowest BCUT2D eigenvalue weighted by Crippen LogP contribution is -2.11. The van der Waals surface area contributed by atoms with Crippen molar-refractivity contribution in [2.24, 2.45) is 0 Å². The number of carbonyl (C=O) groups is 1. The van der Waals surface area contributed by atoms with Gasteiger partial charge in [-0.25, -0.2) is 0 Å². The van der Waals surface area contributed by atoms with E-state index < -0.39 is 0 Å². The third-order valence-corrected chi connectivity index (χ3v) is 3.10. The summed E-state index contributed by atoms with van der Waals surface area (Å²) in [6, 6.07) is 15.3. The SMILES string of the molecule is Cc1ccc(C(=O)Nc2ccc(CCCl)cc2)cc1. The standard InChI is InChI=1S/C16H16ClNO/c1-12-2-6-14(7-3-12)16(19)18-15-8-4-13(5-9-15)10-11-17/h2-9H,10-11H2,1H3,(H,18,19). The number of anilines is 1. The number of amides is 1. The molecule has 0 spiro atoms. The van der Waals surface area contributed by atoms with Crippen molar-refractivity contribution in [1.29, 1.82) is 0 Å². The van der Waals surface area contributed by atoms with Gasteiger partial charge in [-0.05, 0) is 43.2 Å². The molecule has 2 aromatic rings. The zero-order valence-corrected chi connectivity index (χ0v) is 11.6. The fourth-order valence-electron chi connectivity index (χ4n) is 1.77. The van der Waals surface area contributed by atoms with Gasteiger partial charge in [0, 0.05) is 17.1 Å². The first-order valence-electron chi connectivity index (χ1n) is 6.22. The van der Waals surface area contributed by atoms with Crippen LogP contribution in [0.15, 0.2) is 48.5 Å². The molecule has 1 amide bonds. The molecule has 0 atom stereocenters. The highest BCUT2D eigenvalue weighted by atomic mass is 35.5. The van der Waals surface area contributed by atoms with Crippen molar-refractivity contribution in [3.8, 4) is 0 Å². The molecule has 0 saturated carbocycles. The Bertz CT molecular complexity index is 546. The Labute approximate surface area is 118 Å². The van der Waals surface area contributed by atoms with Gasteiger partial charge in [-0.1, -0.05) is 29.8 Å². The molecule has 0 fully saturated rings. The number of nitrogens with one attached hydrogen (secondary N) is 1. The zero-order chi connectivity index (χ0) is 13.7. The van der Waals surface area contributed by atoms with Crippen LogP contribution >= 0.6 is 11.6 Å². The molecule has 2 rings (SSSR count). The van der Waals surface area contributed by atoms with Crippen molar-refractivity contribution in [1.82, 2.24) is 0 Å². The lowest BCUT2D eigenvalue weighted by Gasteiger charge is -2.06. The van der Waals surface area contributed by atoms with Crippen molar-refractivity contribution in [3.05, 3.63) is 65.2 Å². The Morgan fingerprint density at radius 2 is 1.68 bits per heavy atom. The Balaban J connectivity index is 2.04. The van der Waals surface area contributed by atoms with E-state index in [1.165, 1.54) is 5.56 Å². The largest absolute Gasteiger partial charge is 0.322 e. The van der Waals surface area contributed by atoms with Gasteiger partial charge in [-0.3, -0.25) is 4.79 Å². The maximum Gasteiger partial charge on any atom is 0.255 e. The van der Waals surface area contributed by atoms with Gasteiger partial charge in [0.2, 0.25) is 0 Å². The van der Waals surface area contributed by atoms with Gasteiger partial charge in [0.15, 0.2) is 0 Å². The summed E-state index contributed by atoms with van der Waals surface area (Å²) in [5, 5.41) is 2.88. The summed E-state index contributed by atoms with van der Waals surface area (Å²) in [5.41, 5.74) is 3.77. The van der Waals surface area contributed by atoms with Crippen molar-refractivity contribution in [2.75, 3.05) is 11.2 Å². The molecule has 3 heteroatoms. The normalized spacial score (nSPS) is 10.2. The Kier molecular flexibility index (Phi) is 4.58. The molecule has 0 saturated heterocycles. The van der Waals surface area contributed by atoms with Gasteiger partial charge in [-0.2, -0.15) is 0 Å². The summed E-state index contributed by atoms with van der Waals surface area (Å²) in [5.74, 6) is 0.514. The predicted molar refractivity (Wildman–Crippen MR) is 80.0 cm³/mol. The molecule has 0 aliphatic rings. The fraction of sp³-hybridized carbons (Fsp3) is 0.188. The molecule has 0 aromatic heterocycles. The molecule has 0 heterocycles. The van der Waals surface area contributed by atoms with E-state index in [2.05, 4.69) is 5.32 Å². The van der Waals surface area contributed by atoms with E-state index in [1.54, 1.807) is 0 Å². The Morgan fingerprint density at radius 3 is 2.26 bits per heavy atom. The van der Waals surface area contributed by atoms with E-state index in [0.29, 0.717) is 11.4 Å². The maximum atomic E-state index is 12.0. The number of hydrogen-bond donors (Lipinski definition) is 1. The highest BCUT2D eigenvalue weighted by Crippen LogP contribution is 2.12. The molecule has 0 radical (unpaired) electrons. The van der Waals surface area contributed by atoms with Crippen LogP contribution in [0.25, 0.3) is 0 Å².